The molecule has 0 aliphatic rings. The number of aromatic nitrogens is 2. The van der Waals surface area contributed by atoms with Gasteiger partial charge >= 0.3 is 0 Å². The van der Waals surface area contributed by atoms with E-state index in [-0.39, 0.29) is 0 Å². The maximum atomic E-state index is 7.87. The largest absolute Gasteiger partial charge is 0.306 e. The van der Waals surface area contributed by atoms with E-state index >= 15 is 0 Å². The van der Waals surface area contributed by atoms with Crippen LogP contribution in [-0.4, -0.2) is 15.3 Å². The van der Waals surface area contributed by atoms with Crippen LogP contribution in [0.3, 0.4) is 0 Å². The van der Waals surface area contributed by atoms with E-state index < -0.39 is 0 Å². The maximum Gasteiger partial charge on any atom is 0.158 e. The highest BCUT2D eigenvalue weighted by molar-refractivity contribution is 5.96. The molecular weight excluding hydrogens is 198 g/mol. The van der Waals surface area contributed by atoms with Crippen molar-refractivity contribution in [1.82, 2.24) is 9.55 Å². The average Bonchev–Trinajstić information content (AvgIpc) is 2.76. The molecule has 84 valence electrons. The lowest BCUT2D eigenvalue weighted by Gasteiger charge is -2.01. The summed E-state index contributed by atoms with van der Waals surface area (Å²) in [4.78, 5) is 4.12. The standard InChI is InChI=1S/C13H17N3/c1-3-5-6-7-8-9-12(14)13-15-10-11-16(13)4-2/h3-4,7-8,10-11,14H,1-2,5-6,9H2/b8-7+,14-12?. The minimum Gasteiger partial charge on any atom is -0.306 e. The molecule has 0 saturated carbocycles. The van der Waals surface area contributed by atoms with Gasteiger partial charge in [0.15, 0.2) is 5.82 Å². The van der Waals surface area contributed by atoms with E-state index in [1.54, 1.807) is 23.2 Å². The smallest absolute Gasteiger partial charge is 0.158 e. The zero-order chi connectivity index (χ0) is 11.8. The molecule has 1 aromatic heterocycles. The van der Waals surface area contributed by atoms with Gasteiger partial charge in [0.25, 0.3) is 0 Å². The lowest BCUT2D eigenvalue weighted by Crippen LogP contribution is -2.04. The number of nitrogens with zero attached hydrogens (tertiary/aromatic N) is 2. The van der Waals surface area contributed by atoms with Crippen molar-refractivity contribution in [3.8, 4) is 0 Å². The zero-order valence-corrected chi connectivity index (χ0v) is 9.39. The highest BCUT2D eigenvalue weighted by Crippen LogP contribution is 2.03. The molecule has 0 aliphatic carbocycles. The van der Waals surface area contributed by atoms with Gasteiger partial charge in [-0.05, 0) is 12.8 Å². The molecule has 16 heavy (non-hydrogen) atoms. The summed E-state index contributed by atoms with van der Waals surface area (Å²) in [6.45, 7) is 7.32. The van der Waals surface area contributed by atoms with Crippen LogP contribution >= 0.6 is 0 Å². The van der Waals surface area contributed by atoms with E-state index in [0.717, 1.165) is 12.8 Å². The molecule has 1 rings (SSSR count). The second-order valence-corrected chi connectivity index (χ2v) is 3.36. The van der Waals surface area contributed by atoms with Gasteiger partial charge in [0, 0.05) is 25.0 Å². The molecule has 0 aromatic carbocycles. The van der Waals surface area contributed by atoms with Crippen molar-refractivity contribution in [3.05, 3.63) is 49.6 Å². The monoisotopic (exact) mass is 215 g/mol. The molecule has 0 atom stereocenters. The van der Waals surface area contributed by atoms with Crippen LogP contribution in [0.4, 0.5) is 0 Å². The van der Waals surface area contributed by atoms with E-state index in [9.17, 15) is 0 Å². The average molecular weight is 215 g/mol. The van der Waals surface area contributed by atoms with E-state index in [4.69, 9.17) is 5.41 Å². The fourth-order valence-corrected chi connectivity index (χ4v) is 1.32. The number of rotatable bonds is 7. The summed E-state index contributed by atoms with van der Waals surface area (Å²) in [7, 11) is 0. The van der Waals surface area contributed by atoms with Crippen LogP contribution in [0.25, 0.3) is 6.20 Å². The Balaban J connectivity index is 2.49. The Kier molecular flexibility index (Phi) is 4.99. The molecule has 0 aliphatic heterocycles. The van der Waals surface area contributed by atoms with Gasteiger partial charge in [0.05, 0.1) is 5.71 Å². The third-order valence-corrected chi connectivity index (χ3v) is 2.16. The number of unbranched alkanes of at least 4 members (excludes halogenated alkanes) is 1. The van der Waals surface area contributed by atoms with Crippen molar-refractivity contribution in [1.29, 1.82) is 5.41 Å². The Hall–Kier alpha value is -1.90. The van der Waals surface area contributed by atoms with Gasteiger partial charge in [-0.3, -0.25) is 0 Å². The first-order valence-corrected chi connectivity index (χ1v) is 5.28. The van der Waals surface area contributed by atoms with Crippen LogP contribution < -0.4 is 0 Å². The van der Waals surface area contributed by atoms with Crippen LogP contribution in [0, 0.1) is 5.41 Å². The molecule has 1 N–H and O–H groups in total. The molecule has 0 unspecified atom stereocenters. The van der Waals surface area contributed by atoms with Crippen molar-refractivity contribution in [2.24, 2.45) is 0 Å². The van der Waals surface area contributed by atoms with Crippen molar-refractivity contribution >= 4 is 11.9 Å². The van der Waals surface area contributed by atoms with Gasteiger partial charge in [0.2, 0.25) is 0 Å². The second-order valence-electron chi connectivity index (χ2n) is 3.36. The topological polar surface area (TPSA) is 41.7 Å². The van der Waals surface area contributed by atoms with Crippen LogP contribution in [0.1, 0.15) is 25.1 Å². The minimum atomic E-state index is 0.500. The van der Waals surface area contributed by atoms with E-state index in [0.29, 0.717) is 18.0 Å². The molecule has 3 nitrogen and oxygen atoms in total. The Labute approximate surface area is 96.3 Å². The minimum absolute atomic E-state index is 0.500. The maximum absolute atomic E-state index is 7.87. The number of imidazole rings is 1. The summed E-state index contributed by atoms with van der Waals surface area (Å²) in [6.07, 6.45) is 13.6. The highest BCUT2D eigenvalue weighted by atomic mass is 15.0. The lowest BCUT2D eigenvalue weighted by molar-refractivity contribution is 1.04. The van der Waals surface area contributed by atoms with Crippen LogP contribution in [-0.2, 0) is 0 Å². The predicted octanol–water partition coefficient (Wildman–Crippen LogP) is 3.26. The first kappa shape index (κ1) is 12.2. The molecule has 0 fully saturated rings. The third kappa shape index (κ3) is 3.35. The SMILES string of the molecule is C=CCC/C=C/CC(=N)c1nccn1C=C. The number of allylic oxidation sites excluding steroid dienone is 3. The molecule has 0 saturated heterocycles. The van der Waals surface area contributed by atoms with Gasteiger partial charge in [-0.1, -0.05) is 24.8 Å². The summed E-state index contributed by atoms with van der Waals surface area (Å²) < 4.78 is 1.75. The van der Waals surface area contributed by atoms with Crippen molar-refractivity contribution in [3.63, 3.8) is 0 Å². The summed E-state index contributed by atoms with van der Waals surface area (Å²) >= 11 is 0. The fraction of sp³-hybridized carbons (Fsp3) is 0.231. The Bertz CT molecular complexity index is 399. The molecule has 1 heterocycles. The Morgan fingerprint density at radius 2 is 2.19 bits per heavy atom. The first-order valence-electron chi connectivity index (χ1n) is 5.28. The van der Waals surface area contributed by atoms with Crippen LogP contribution in [0.2, 0.25) is 0 Å². The van der Waals surface area contributed by atoms with E-state index in [1.165, 1.54) is 0 Å². The molecular formula is C13H17N3. The Morgan fingerprint density at radius 3 is 2.88 bits per heavy atom. The molecule has 0 amide bonds. The summed E-state index contributed by atoms with van der Waals surface area (Å²) in [6, 6.07) is 0. The predicted molar refractivity (Wildman–Crippen MR) is 68.6 cm³/mol. The molecule has 0 bridgehead atoms. The Morgan fingerprint density at radius 1 is 1.38 bits per heavy atom. The van der Waals surface area contributed by atoms with Crippen LogP contribution in [0.5, 0.6) is 0 Å². The van der Waals surface area contributed by atoms with Crippen LogP contribution in [0.15, 0.2) is 43.8 Å². The second kappa shape index (κ2) is 6.56. The van der Waals surface area contributed by atoms with Crippen molar-refractivity contribution in [2.75, 3.05) is 0 Å². The lowest BCUT2D eigenvalue weighted by atomic mass is 10.2. The first-order chi connectivity index (χ1) is 7.79. The van der Waals surface area contributed by atoms with Gasteiger partial charge in [-0.2, -0.15) is 0 Å². The zero-order valence-electron chi connectivity index (χ0n) is 9.39. The molecule has 0 radical (unpaired) electrons. The summed E-state index contributed by atoms with van der Waals surface area (Å²) in [5.41, 5.74) is 0.500. The normalized spacial score (nSPS) is 10.5. The molecule has 3 heteroatoms. The van der Waals surface area contributed by atoms with Gasteiger partial charge < -0.3 is 9.98 Å². The molecule has 0 spiro atoms. The third-order valence-electron chi connectivity index (χ3n) is 2.16. The van der Waals surface area contributed by atoms with Crippen molar-refractivity contribution in [2.45, 2.75) is 19.3 Å². The fourth-order valence-electron chi connectivity index (χ4n) is 1.32. The van der Waals surface area contributed by atoms with Gasteiger partial charge in [0.1, 0.15) is 0 Å². The summed E-state index contributed by atoms with van der Waals surface area (Å²) in [5.74, 6) is 0.656. The van der Waals surface area contributed by atoms with Gasteiger partial charge in [-0.15, -0.1) is 6.58 Å². The summed E-state index contributed by atoms with van der Waals surface area (Å²) in [5, 5.41) is 7.87. The van der Waals surface area contributed by atoms with Gasteiger partial charge in [-0.25, -0.2) is 4.98 Å². The molecule has 1 aromatic rings. The number of nitrogens with one attached hydrogen (secondary N) is 1. The van der Waals surface area contributed by atoms with Crippen molar-refractivity contribution < 1.29 is 0 Å². The number of hydrogen-bond donors (Lipinski definition) is 1. The van der Waals surface area contributed by atoms with E-state index in [2.05, 4.69) is 24.2 Å². The van der Waals surface area contributed by atoms with E-state index in [1.807, 2.05) is 12.2 Å². The quantitative estimate of drug-likeness (QED) is 0.423. The number of hydrogen-bond acceptors (Lipinski definition) is 2. The highest BCUT2D eigenvalue weighted by Gasteiger charge is 2.04.